The minimum atomic E-state index is -0.783. The van der Waals surface area contributed by atoms with Crippen LogP contribution in [0.4, 0.5) is 0 Å². The summed E-state index contributed by atoms with van der Waals surface area (Å²) < 4.78 is 0. The maximum atomic E-state index is 12.7. The predicted molar refractivity (Wildman–Crippen MR) is 78.3 cm³/mol. The van der Waals surface area contributed by atoms with Crippen LogP contribution in [0.25, 0.3) is 0 Å². The molecule has 1 unspecified atom stereocenters. The van der Waals surface area contributed by atoms with Gasteiger partial charge in [-0.3, -0.25) is 9.59 Å². The van der Waals surface area contributed by atoms with Crippen LogP contribution < -0.4 is 11.5 Å². The van der Waals surface area contributed by atoms with E-state index in [2.05, 4.69) is 0 Å². The number of hydrogen-bond donors (Lipinski definition) is 2. The molecule has 2 amide bonds. The molecular weight excluding hydrogens is 262 g/mol. The molecule has 1 heterocycles. The molecule has 1 fully saturated rings. The summed E-state index contributed by atoms with van der Waals surface area (Å²) in [6, 6.07) is 0. The smallest absolute Gasteiger partial charge is 0.235 e. The van der Waals surface area contributed by atoms with Gasteiger partial charge in [0.15, 0.2) is 0 Å². The number of carbonyl (C=O) groups excluding carboxylic acids is 2. The van der Waals surface area contributed by atoms with Crippen molar-refractivity contribution < 1.29 is 9.59 Å². The van der Waals surface area contributed by atoms with Crippen LogP contribution in [0.5, 0.6) is 0 Å². The molecule has 4 N–H and O–H groups in total. The molecule has 0 aromatic heterocycles. The lowest BCUT2D eigenvalue weighted by atomic mass is 9.80. The quantitative estimate of drug-likeness (QED) is 0.731. The van der Waals surface area contributed by atoms with E-state index < -0.39 is 5.41 Å². The van der Waals surface area contributed by atoms with Crippen LogP contribution in [-0.4, -0.2) is 34.8 Å². The van der Waals surface area contributed by atoms with Crippen molar-refractivity contribution in [3.05, 3.63) is 0 Å². The van der Waals surface area contributed by atoms with E-state index in [0.717, 1.165) is 12.8 Å². The van der Waals surface area contributed by atoms with Crippen LogP contribution in [0.1, 0.15) is 39.5 Å². The second kappa shape index (κ2) is 6.32. The summed E-state index contributed by atoms with van der Waals surface area (Å²) in [5, 5.41) is 0. The van der Waals surface area contributed by atoms with E-state index in [1.165, 1.54) is 0 Å². The Balaban J connectivity index is 2.91. The van der Waals surface area contributed by atoms with Crippen molar-refractivity contribution in [3.8, 4) is 0 Å². The van der Waals surface area contributed by atoms with Crippen molar-refractivity contribution in [2.24, 2.45) is 22.8 Å². The van der Waals surface area contributed by atoms with E-state index >= 15 is 0 Å². The zero-order valence-corrected chi connectivity index (χ0v) is 12.5. The molecule has 1 rings (SSSR count). The molecule has 1 aliphatic rings. The summed E-state index contributed by atoms with van der Waals surface area (Å²) in [7, 11) is 0. The summed E-state index contributed by atoms with van der Waals surface area (Å²) in [5.41, 5.74) is 10.3. The van der Waals surface area contributed by atoms with Crippen LogP contribution in [0.15, 0.2) is 0 Å². The number of carbonyl (C=O) groups is 2. The largest absolute Gasteiger partial charge is 0.392 e. The molecule has 1 saturated heterocycles. The molecule has 5 nitrogen and oxygen atoms in total. The molecule has 0 aliphatic carbocycles. The van der Waals surface area contributed by atoms with Gasteiger partial charge < -0.3 is 16.4 Å². The van der Waals surface area contributed by atoms with Gasteiger partial charge in [-0.1, -0.05) is 26.1 Å². The van der Waals surface area contributed by atoms with Crippen molar-refractivity contribution >= 4 is 29.0 Å². The second-order valence-corrected chi connectivity index (χ2v) is 5.59. The average molecular weight is 285 g/mol. The highest BCUT2D eigenvalue weighted by Gasteiger charge is 2.42. The van der Waals surface area contributed by atoms with Crippen molar-refractivity contribution in [1.29, 1.82) is 0 Å². The minimum Gasteiger partial charge on any atom is -0.392 e. The molecule has 0 saturated carbocycles. The molecule has 19 heavy (non-hydrogen) atoms. The van der Waals surface area contributed by atoms with Crippen LogP contribution in [-0.2, 0) is 9.59 Å². The Labute approximate surface area is 119 Å². The Kier molecular flexibility index (Phi) is 5.29. The van der Waals surface area contributed by atoms with Crippen LogP contribution in [0, 0.1) is 11.3 Å². The first-order valence-electron chi connectivity index (χ1n) is 6.77. The molecule has 0 radical (unpaired) electrons. The highest BCUT2D eigenvalue weighted by molar-refractivity contribution is 7.80. The van der Waals surface area contributed by atoms with Gasteiger partial charge in [-0.05, 0) is 25.7 Å². The van der Waals surface area contributed by atoms with E-state index in [-0.39, 0.29) is 22.7 Å². The third-order valence-electron chi connectivity index (χ3n) is 4.20. The topological polar surface area (TPSA) is 89.4 Å². The van der Waals surface area contributed by atoms with Gasteiger partial charge in [0.2, 0.25) is 11.8 Å². The van der Waals surface area contributed by atoms with E-state index in [9.17, 15) is 9.59 Å². The number of thiocarbonyl (C=S) groups is 1. The second-order valence-electron chi connectivity index (χ2n) is 5.15. The number of hydrogen-bond acceptors (Lipinski definition) is 3. The molecule has 1 atom stereocenters. The Bertz CT molecular complexity index is 380. The van der Waals surface area contributed by atoms with E-state index in [1.807, 2.05) is 13.8 Å². The van der Waals surface area contributed by atoms with Gasteiger partial charge in [-0.2, -0.15) is 0 Å². The zero-order valence-electron chi connectivity index (χ0n) is 11.6. The van der Waals surface area contributed by atoms with Gasteiger partial charge in [0.25, 0.3) is 0 Å². The molecule has 0 spiro atoms. The van der Waals surface area contributed by atoms with Gasteiger partial charge in [0, 0.05) is 13.1 Å². The highest BCUT2D eigenvalue weighted by atomic mass is 32.1. The van der Waals surface area contributed by atoms with Crippen molar-refractivity contribution in [1.82, 2.24) is 4.90 Å². The summed E-state index contributed by atoms with van der Waals surface area (Å²) in [4.78, 5) is 25.9. The maximum absolute atomic E-state index is 12.7. The molecule has 0 aromatic carbocycles. The molecule has 0 aromatic rings. The summed E-state index contributed by atoms with van der Waals surface area (Å²) >= 11 is 5.09. The van der Waals surface area contributed by atoms with Crippen molar-refractivity contribution in [3.63, 3.8) is 0 Å². The fourth-order valence-corrected chi connectivity index (χ4v) is 3.08. The predicted octanol–water partition coefficient (Wildman–Crippen LogP) is 0.803. The number of nitrogens with zero attached hydrogens (tertiary/aromatic N) is 1. The SMILES string of the molecule is CCC(CC)(C(=O)N1CCCC(C(N)=O)C1)C(N)=S. The molecule has 1 aliphatic heterocycles. The fourth-order valence-electron chi connectivity index (χ4n) is 2.70. The number of likely N-dealkylation sites (tertiary alicyclic amines) is 1. The molecule has 6 heteroatoms. The third-order valence-corrected chi connectivity index (χ3v) is 4.59. The third kappa shape index (κ3) is 3.05. The number of amides is 2. The minimum absolute atomic E-state index is 0.0593. The normalized spacial score (nSPS) is 20.1. The van der Waals surface area contributed by atoms with Gasteiger partial charge in [-0.25, -0.2) is 0 Å². The van der Waals surface area contributed by atoms with E-state index in [1.54, 1.807) is 4.90 Å². The Morgan fingerprint density at radius 2 is 1.89 bits per heavy atom. The van der Waals surface area contributed by atoms with Gasteiger partial charge >= 0.3 is 0 Å². The Morgan fingerprint density at radius 3 is 2.32 bits per heavy atom. The van der Waals surface area contributed by atoms with E-state index in [4.69, 9.17) is 23.7 Å². The molecule has 108 valence electrons. The first kappa shape index (κ1) is 15.9. The number of nitrogens with two attached hydrogens (primary N) is 2. The number of rotatable bonds is 5. The summed E-state index contributed by atoms with van der Waals surface area (Å²) in [6.07, 6.45) is 2.70. The highest BCUT2D eigenvalue weighted by Crippen LogP contribution is 2.31. The van der Waals surface area contributed by atoms with Crippen LogP contribution in [0.2, 0.25) is 0 Å². The zero-order chi connectivity index (χ0) is 14.6. The number of primary amides is 1. The van der Waals surface area contributed by atoms with Gasteiger partial charge in [0.1, 0.15) is 0 Å². The van der Waals surface area contributed by atoms with Crippen LogP contribution >= 0.6 is 12.2 Å². The summed E-state index contributed by atoms with van der Waals surface area (Å²) in [5.74, 6) is -0.655. The lowest BCUT2D eigenvalue weighted by molar-refractivity contribution is -0.141. The fraction of sp³-hybridized carbons (Fsp3) is 0.769. The standard InChI is InChI=1S/C13H23N3O2S/c1-3-13(4-2,11(15)19)12(18)16-7-5-6-9(8-16)10(14)17/h9H,3-8H2,1-2H3,(H2,14,17)(H2,15,19). The van der Waals surface area contributed by atoms with Gasteiger partial charge in [0.05, 0.1) is 16.3 Å². The monoisotopic (exact) mass is 285 g/mol. The Hall–Kier alpha value is -1.17. The maximum Gasteiger partial charge on any atom is 0.235 e. The average Bonchev–Trinajstić information content (AvgIpc) is 2.40. The van der Waals surface area contributed by atoms with Gasteiger partial charge in [-0.15, -0.1) is 0 Å². The molecule has 0 bridgehead atoms. The van der Waals surface area contributed by atoms with Crippen LogP contribution in [0.3, 0.4) is 0 Å². The lowest BCUT2D eigenvalue weighted by Gasteiger charge is -2.38. The Morgan fingerprint density at radius 1 is 1.32 bits per heavy atom. The first-order chi connectivity index (χ1) is 8.89. The number of piperidine rings is 1. The van der Waals surface area contributed by atoms with Crippen molar-refractivity contribution in [2.45, 2.75) is 39.5 Å². The first-order valence-corrected chi connectivity index (χ1v) is 7.18. The lowest BCUT2D eigenvalue weighted by Crippen LogP contribution is -2.53. The van der Waals surface area contributed by atoms with E-state index in [0.29, 0.717) is 25.9 Å². The summed E-state index contributed by atoms with van der Waals surface area (Å²) in [6.45, 7) is 4.86. The molecular formula is C13H23N3O2S. The van der Waals surface area contributed by atoms with Crippen molar-refractivity contribution in [2.75, 3.05) is 13.1 Å².